The summed E-state index contributed by atoms with van der Waals surface area (Å²) in [6, 6.07) is 5.29. The number of hydrogen-bond acceptors (Lipinski definition) is 3. The highest BCUT2D eigenvalue weighted by Gasteiger charge is 2.14. The van der Waals surface area contributed by atoms with Gasteiger partial charge in [-0.25, -0.2) is 0 Å². The van der Waals surface area contributed by atoms with Crippen LogP contribution < -0.4 is 5.56 Å². The van der Waals surface area contributed by atoms with Gasteiger partial charge in [-0.2, -0.15) is 0 Å². The van der Waals surface area contributed by atoms with Gasteiger partial charge in [-0.1, -0.05) is 6.07 Å². The Balaban J connectivity index is 1.96. The van der Waals surface area contributed by atoms with Crippen LogP contribution in [0.3, 0.4) is 0 Å². The predicted molar refractivity (Wildman–Crippen MR) is 60.4 cm³/mol. The van der Waals surface area contributed by atoms with Gasteiger partial charge in [0, 0.05) is 24.7 Å². The maximum absolute atomic E-state index is 11.6. The molecule has 88 valence electrons. The van der Waals surface area contributed by atoms with E-state index in [1.54, 1.807) is 16.7 Å². The summed E-state index contributed by atoms with van der Waals surface area (Å²) in [7, 11) is 0. The lowest BCUT2D eigenvalue weighted by molar-refractivity contribution is -0.182. The standard InChI is InChI=1S/C12H17NO3/c1-10-4-2-5-11(14)13(10)7-6-12-15-8-3-9-16-12/h2,4-5,12H,3,6-9H2,1H3. The lowest BCUT2D eigenvalue weighted by Crippen LogP contribution is -2.29. The molecule has 0 amide bonds. The second kappa shape index (κ2) is 5.27. The zero-order valence-corrected chi connectivity index (χ0v) is 9.52. The van der Waals surface area contributed by atoms with Crippen molar-refractivity contribution in [2.75, 3.05) is 13.2 Å². The van der Waals surface area contributed by atoms with Crippen molar-refractivity contribution in [3.8, 4) is 0 Å². The molecule has 0 bridgehead atoms. The van der Waals surface area contributed by atoms with E-state index in [0.29, 0.717) is 6.54 Å². The van der Waals surface area contributed by atoms with Gasteiger partial charge in [-0.15, -0.1) is 0 Å². The number of hydrogen-bond donors (Lipinski definition) is 0. The van der Waals surface area contributed by atoms with E-state index in [-0.39, 0.29) is 11.8 Å². The summed E-state index contributed by atoms with van der Waals surface area (Å²) in [5, 5.41) is 0. The molecule has 0 radical (unpaired) electrons. The van der Waals surface area contributed by atoms with Gasteiger partial charge >= 0.3 is 0 Å². The minimum atomic E-state index is -0.153. The second-order valence-corrected chi connectivity index (χ2v) is 3.97. The van der Waals surface area contributed by atoms with Crippen LogP contribution in [0.15, 0.2) is 23.0 Å². The van der Waals surface area contributed by atoms with Crippen molar-refractivity contribution < 1.29 is 9.47 Å². The first-order valence-corrected chi connectivity index (χ1v) is 5.67. The monoisotopic (exact) mass is 223 g/mol. The quantitative estimate of drug-likeness (QED) is 0.775. The highest BCUT2D eigenvalue weighted by Crippen LogP contribution is 2.09. The van der Waals surface area contributed by atoms with Gasteiger partial charge in [-0.3, -0.25) is 4.79 Å². The molecule has 1 aromatic rings. The molecule has 2 heterocycles. The maximum Gasteiger partial charge on any atom is 0.250 e. The van der Waals surface area contributed by atoms with Crippen molar-refractivity contribution >= 4 is 0 Å². The number of ether oxygens (including phenoxy) is 2. The van der Waals surface area contributed by atoms with Crippen molar-refractivity contribution in [2.45, 2.75) is 32.6 Å². The zero-order valence-electron chi connectivity index (χ0n) is 9.52. The fourth-order valence-electron chi connectivity index (χ4n) is 1.85. The third kappa shape index (κ3) is 2.71. The molecule has 0 spiro atoms. The third-order valence-corrected chi connectivity index (χ3v) is 2.75. The first kappa shape index (κ1) is 11.4. The summed E-state index contributed by atoms with van der Waals surface area (Å²) in [5.41, 5.74) is 1.01. The van der Waals surface area contributed by atoms with Crippen molar-refractivity contribution in [2.24, 2.45) is 0 Å². The molecular formula is C12H17NO3. The van der Waals surface area contributed by atoms with Crippen LogP contribution in [0.1, 0.15) is 18.5 Å². The first-order valence-electron chi connectivity index (χ1n) is 5.67. The van der Waals surface area contributed by atoms with Crippen LogP contribution in [-0.2, 0) is 16.0 Å². The molecule has 0 aromatic carbocycles. The van der Waals surface area contributed by atoms with E-state index in [0.717, 1.165) is 31.7 Å². The molecule has 1 saturated heterocycles. The Morgan fingerprint density at radius 3 is 2.81 bits per heavy atom. The Kier molecular flexibility index (Phi) is 3.74. The average Bonchev–Trinajstić information content (AvgIpc) is 2.30. The van der Waals surface area contributed by atoms with Crippen LogP contribution in [0.2, 0.25) is 0 Å². The molecule has 2 rings (SSSR count). The molecule has 0 N–H and O–H groups in total. The minimum Gasteiger partial charge on any atom is -0.353 e. The number of pyridine rings is 1. The highest BCUT2D eigenvalue weighted by molar-refractivity contribution is 5.04. The molecule has 4 heteroatoms. The van der Waals surface area contributed by atoms with Crippen molar-refractivity contribution in [1.29, 1.82) is 0 Å². The summed E-state index contributed by atoms with van der Waals surface area (Å²) in [6.45, 7) is 4.10. The fraction of sp³-hybridized carbons (Fsp3) is 0.583. The van der Waals surface area contributed by atoms with Crippen LogP contribution in [0, 0.1) is 6.92 Å². The Labute approximate surface area is 94.8 Å². The van der Waals surface area contributed by atoms with Crippen molar-refractivity contribution in [1.82, 2.24) is 4.57 Å². The Hall–Kier alpha value is -1.13. The molecule has 1 aliphatic heterocycles. The zero-order chi connectivity index (χ0) is 11.4. The summed E-state index contributed by atoms with van der Waals surface area (Å²) in [6.07, 6.45) is 1.53. The summed E-state index contributed by atoms with van der Waals surface area (Å²) >= 11 is 0. The van der Waals surface area contributed by atoms with E-state index in [1.807, 2.05) is 13.0 Å². The van der Waals surface area contributed by atoms with E-state index in [2.05, 4.69) is 0 Å². The number of aromatic nitrogens is 1. The Morgan fingerprint density at radius 1 is 1.38 bits per heavy atom. The minimum absolute atomic E-state index is 0.0378. The highest BCUT2D eigenvalue weighted by atomic mass is 16.7. The van der Waals surface area contributed by atoms with E-state index in [9.17, 15) is 4.79 Å². The van der Waals surface area contributed by atoms with Crippen LogP contribution in [0.4, 0.5) is 0 Å². The fourth-order valence-corrected chi connectivity index (χ4v) is 1.85. The van der Waals surface area contributed by atoms with Gasteiger partial charge < -0.3 is 14.0 Å². The SMILES string of the molecule is Cc1cccc(=O)n1CCC1OCCCO1. The van der Waals surface area contributed by atoms with Crippen molar-refractivity contribution in [3.63, 3.8) is 0 Å². The maximum atomic E-state index is 11.6. The lowest BCUT2D eigenvalue weighted by Gasteiger charge is -2.23. The molecule has 1 fully saturated rings. The van der Waals surface area contributed by atoms with Gasteiger partial charge in [-0.05, 0) is 19.4 Å². The topological polar surface area (TPSA) is 40.5 Å². The molecule has 1 aliphatic rings. The van der Waals surface area contributed by atoms with Gasteiger partial charge in [0.15, 0.2) is 6.29 Å². The van der Waals surface area contributed by atoms with Gasteiger partial charge in [0.05, 0.1) is 13.2 Å². The number of nitrogens with zero attached hydrogens (tertiary/aromatic N) is 1. The van der Waals surface area contributed by atoms with Gasteiger partial charge in [0.25, 0.3) is 5.56 Å². The second-order valence-electron chi connectivity index (χ2n) is 3.97. The molecule has 0 unspecified atom stereocenters. The van der Waals surface area contributed by atoms with Crippen LogP contribution >= 0.6 is 0 Å². The molecule has 16 heavy (non-hydrogen) atoms. The van der Waals surface area contributed by atoms with Crippen molar-refractivity contribution in [3.05, 3.63) is 34.2 Å². The van der Waals surface area contributed by atoms with E-state index >= 15 is 0 Å². The van der Waals surface area contributed by atoms with E-state index in [4.69, 9.17) is 9.47 Å². The summed E-state index contributed by atoms with van der Waals surface area (Å²) in [5.74, 6) is 0. The normalized spacial score (nSPS) is 17.6. The van der Waals surface area contributed by atoms with Crippen LogP contribution in [-0.4, -0.2) is 24.1 Å². The van der Waals surface area contributed by atoms with Gasteiger partial charge in [0.1, 0.15) is 0 Å². The summed E-state index contributed by atoms with van der Waals surface area (Å²) < 4.78 is 12.6. The van der Waals surface area contributed by atoms with Gasteiger partial charge in [0.2, 0.25) is 0 Å². The first-order chi connectivity index (χ1) is 7.77. The number of rotatable bonds is 3. The molecule has 0 aliphatic carbocycles. The molecule has 0 saturated carbocycles. The van der Waals surface area contributed by atoms with Crippen LogP contribution in [0.5, 0.6) is 0 Å². The third-order valence-electron chi connectivity index (χ3n) is 2.75. The largest absolute Gasteiger partial charge is 0.353 e. The van der Waals surface area contributed by atoms with E-state index < -0.39 is 0 Å². The average molecular weight is 223 g/mol. The Bertz CT molecular complexity index is 393. The molecular weight excluding hydrogens is 206 g/mol. The smallest absolute Gasteiger partial charge is 0.250 e. The van der Waals surface area contributed by atoms with E-state index in [1.165, 1.54) is 0 Å². The summed E-state index contributed by atoms with van der Waals surface area (Å²) in [4.78, 5) is 11.6. The lowest BCUT2D eigenvalue weighted by atomic mass is 10.3. The Morgan fingerprint density at radius 2 is 2.12 bits per heavy atom. The molecule has 0 atom stereocenters. The molecule has 4 nitrogen and oxygen atoms in total. The molecule has 1 aromatic heterocycles. The van der Waals surface area contributed by atoms with Crippen LogP contribution in [0.25, 0.3) is 0 Å². The number of aryl methyl sites for hydroxylation is 1. The predicted octanol–water partition coefficient (Wildman–Crippen LogP) is 1.31.